The molecule has 0 atom stereocenters. The fourth-order valence-corrected chi connectivity index (χ4v) is 1.72. The molecular formula is C10H7Cl2N3O. The Morgan fingerprint density at radius 3 is 2.69 bits per heavy atom. The van der Waals surface area contributed by atoms with E-state index in [0.717, 1.165) is 5.56 Å². The molecule has 0 fully saturated rings. The van der Waals surface area contributed by atoms with Gasteiger partial charge in [0.05, 0.1) is 16.9 Å². The summed E-state index contributed by atoms with van der Waals surface area (Å²) in [4.78, 5) is 10.5. The third-order valence-corrected chi connectivity index (χ3v) is 2.82. The molecule has 1 aromatic carbocycles. The minimum absolute atomic E-state index is 0.243. The predicted molar refractivity (Wildman–Crippen MR) is 61.5 cm³/mol. The van der Waals surface area contributed by atoms with Gasteiger partial charge in [-0.1, -0.05) is 28.4 Å². The van der Waals surface area contributed by atoms with Gasteiger partial charge in [-0.05, 0) is 24.6 Å². The maximum Gasteiger partial charge on any atom is 0.171 e. The molecule has 4 nitrogen and oxygen atoms in total. The van der Waals surface area contributed by atoms with Gasteiger partial charge in [-0.15, -0.1) is 5.10 Å². The van der Waals surface area contributed by atoms with Gasteiger partial charge in [0.15, 0.2) is 6.29 Å². The summed E-state index contributed by atoms with van der Waals surface area (Å²) < 4.78 is 1.41. The molecule has 1 aromatic heterocycles. The number of rotatable bonds is 2. The smallest absolute Gasteiger partial charge is 0.171 e. The number of carbonyl (C=O) groups is 1. The summed E-state index contributed by atoms with van der Waals surface area (Å²) in [5.74, 6) is 0. The van der Waals surface area contributed by atoms with Crippen molar-refractivity contribution in [2.45, 2.75) is 6.92 Å². The van der Waals surface area contributed by atoms with Gasteiger partial charge >= 0.3 is 0 Å². The fourth-order valence-electron chi connectivity index (χ4n) is 1.26. The van der Waals surface area contributed by atoms with Crippen LogP contribution in [0.5, 0.6) is 0 Å². The van der Waals surface area contributed by atoms with Gasteiger partial charge in [0.25, 0.3) is 0 Å². The number of hydrogen-bond donors (Lipinski definition) is 0. The number of halogens is 2. The molecule has 0 amide bonds. The van der Waals surface area contributed by atoms with Crippen molar-refractivity contribution in [3.05, 3.63) is 39.6 Å². The van der Waals surface area contributed by atoms with Gasteiger partial charge in [0.2, 0.25) is 0 Å². The van der Waals surface area contributed by atoms with Crippen LogP contribution in [0.2, 0.25) is 10.0 Å². The summed E-state index contributed by atoms with van der Waals surface area (Å²) in [5, 5.41) is 8.52. The average molecular weight is 256 g/mol. The molecule has 0 spiro atoms. The van der Waals surface area contributed by atoms with Crippen LogP contribution in [0.25, 0.3) is 5.69 Å². The number of benzene rings is 1. The molecule has 0 radical (unpaired) electrons. The second-order valence-corrected chi connectivity index (χ2v) is 4.07. The van der Waals surface area contributed by atoms with E-state index < -0.39 is 0 Å². The molecule has 0 aliphatic heterocycles. The zero-order valence-electron chi connectivity index (χ0n) is 8.32. The van der Waals surface area contributed by atoms with Gasteiger partial charge in [0.1, 0.15) is 5.69 Å². The Kier molecular flexibility index (Phi) is 2.94. The predicted octanol–water partition coefficient (Wildman–Crippen LogP) is 2.70. The number of nitrogens with zero attached hydrogens (tertiary/aromatic N) is 3. The molecule has 6 heteroatoms. The Morgan fingerprint density at radius 1 is 1.31 bits per heavy atom. The first-order valence-corrected chi connectivity index (χ1v) is 5.21. The topological polar surface area (TPSA) is 47.8 Å². The highest BCUT2D eigenvalue weighted by Crippen LogP contribution is 2.27. The lowest BCUT2D eigenvalue weighted by Gasteiger charge is -2.05. The van der Waals surface area contributed by atoms with E-state index >= 15 is 0 Å². The van der Waals surface area contributed by atoms with Crippen LogP contribution in [0.15, 0.2) is 18.3 Å². The zero-order chi connectivity index (χ0) is 11.7. The van der Waals surface area contributed by atoms with Crippen LogP contribution in [0, 0.1) is 6.92 Å². The number of hydrogen-bond acceptors (Lipinski definition) is 3. The maximum atomic E-state index is 10.5. The lowest BCUT2D eigenvalue weighted by atomic mass is 10.2. The molecule has 2 aromatic rings. The van der Waals surface area contributed by atoms with E-state index in [-0.39, 0.29) is 5.69 Å². The van der Waals surface area contributed by atoms with Crippen molar-refractivity contribution < 1.29 is 4.79 Å². The molecule has 82 valence electrons. The number of aromatic nitrogens is 3. The van der Waals surface area contributed by atoms with Crippen molar-refractivity contribution in [3.63, 3.8) is 0 Å². The summed E-state index contributed by atoms with van der Waals surface area (Å²) >= 11 is 12.0. The Morgan fingerprint density at radius 2 is 2.06 bits per heavy atom. The first kappa shape index (κ1) is 11.1. The van der Waals surface area contributed by atoms with E-state index in [1.54, 1.807) is 12.1 Å². The van der Waals surface area contributed by atoms with Crippen LogP contribution >= 0.6 is 23.2 Å². The molecule has 0 bridgehead atoms. The van der Waals surface area contributed by atoms with Crippen molar-refractivity contribution >= 4 is 29.5 Å². The van der Waals surface area contributed by atoms with Crippen molar-refractivity contribution in [1.82, 2.24) is 15.0 Å². The molecule has 16 heavy (non-hydrogen) atoms. The quantitative estimate of drug-likeness (QED) is 0.776. The highest BCUT2D eigenvalue weighted by atomic mass is 35.5. The lowest BCUT2D eigenvalue weighted by molar-refractivity contribution is 0.111. The molecule has 1 heterocycles. The van der Waals surface area contributed by atoms with Gasteiger partial charge in [-0.3, -0.25) is 4.79 Å². The number of aryl methyl sites for hydroxylation is 1. The van der Waals surface area contributed by atoms with E-state index in [1.165, 1.54) is 10.9 Å². The Hall–Kier alpha value is -1.39. The first-order valence-electron chi connectivity index (χ1n) is 4.45. The van der Waals surface area contributed by atoms with Crippen molar-refractivity contribution in [1.29, 1.82) is 0 Å². The minimum atomic E-state index is 0.243. The molecule has 0 aliphatic rings. The Bertz CT molecular complexity index is 551. The van der Waals surface area contributed by atoms with Crippen LogP contribution in [0.3, 0.4) is 0 Å². The van der Waals surface area contributed by atoms with Gasteiger partial charge in [0, 0.05) is 5.02 Å². The van der Waals surface area contributed by atoms with Crippen LogP contribution in [-0.2, 0) is 0 Å². The van der Waals surface area contributed by atoms with Crippen LogP contribution < -0.4 is 0 Å². The molecular weight excluding hydrogens is 249 g/mol. The standard InChI is InChI=1S/C10H7Cl2N3O/c1-6-2-9(12)10(3-8(6)11)15-4-7(5-16)13-14-15/h2-5H,1H3. The Balaban J connectivity index is 2.55. The van der Waals surface area contributed by atoms with Gasteiger partial charge in [-0.2, -0.15) is 0 Å². The summed E-state index contributed by atoms with van der Waals surface area (Å²) in [6.07, 6.45) is 2.10. The van der Waals surface area contributed by atoms with Gasteiger partial charge in [-0.25, -0.2) is 4.68 Å². The molecule has 0 aliphatic carbocycles. The molecule has 0 N–H and O–H groups in total. The fraction of sp³-hybridized carbons (Fsp3) is 0.100. The summed E-state index contributed by atoms with van der Waals surface area (Å²) in [7, 11) is 0. The molecule has 0 saturated carbocycles. The van der Waals surface area contributed by atoms with E-state index in [0.29, 0.717) is 22.0 Å². The second kappa shape index (κ2) is 4.23. The van der Waals surface area contributed by atoms with Crippen molar-refractivity contribution in [2.24, 2.45) is 0 Å². The third-order valence-electron chi connectivity index (χ3n) is 2.11. The monoisotopic (exact) mass is 255 g/mol. The van der Waals surface area contributed by atoms with Crippen LogP contribution in [-0.4, -0.2) is 21.3 Å². The SMILES string of the molecule is Cc1cc(Cl)c(-n2cc(C=O)nn2)cc1Cl. The van der Waals surface area contributed by atoms with E-state index in [2.05, 4.69) is 10.3 Å². The number of carbonyl (C=O) groups excluding carboxylic acids is 1. The minimum Gasteiger partial charge on any atom is -0.296 e. The summed E-state index contributed by atoms with van der Waals surface area (Å²) in [6.45, 7) is 1.86. The van der Waals surface area contributed by atoms with Crippen LogP contribution in [0.1, 0.15) is 16.1 Å². The largest absolute Gasteiger partial charge is 0.296 e. The summed E-state index contributed by atoms with van der Waals surface area (Å²) in [5.41, 5.74) is 1.72. The molecule has 2 rings (SSSR count). The van der Waals surface area contributed by atoms with Crippen molar-refractivity contribution in [3.8, 4) is 5.69 Å². The van der Waals surface area contributed by atoms with E-state index in [4.69, 9.17) is 23.2 Å². The number of aldehydes is 1. The van der Waals surface area contributed by atoms with E-state index in [9.17, 15) is 4.79 Å². The highest BCUT2D eigenvalue weighted by Gasteiger charge is 2.08. The second-order valence-electron chi connectivity index (χ2n) is 3.26. The normalized spacial score (nSPS) is 10.4. The van der Waals surface area contributed by atoms with Crippen LogP contribution in [0.4, 0.5) is 0 Å². The maximum absolute atomic E-state index is 10.5. The Labute approximate surface area is 102 Å². The van der Waals surface area contributed by atoms with E-state index in [1.807, 2.05) is 6.92 Å². The summed E-state index contributed by atoms with van der Waals surface area (Å²) in [6, 6.07) is 3.42. The first-order chi connectivity index (χ1) is 7.61. The zero-order valence-corrected chi connectivity index (χ0v) is 9.83. The average Bonchev–Trinajstić information content (AvgIpc) is 2.71. The van der Waals surface area contributed by atoms with Gasteiger partial charge < -0.3 is 0 Å². The third kappa shape index (κ3) is 1.94. The lowest BCUT2D eigenvalue weighted by Crippen LogP contribution is -1.96. The van der Waals surface area contributed by atoms with Crippen molar-refractivity contribution in [2.75, 3.05) is 0 Å². The molecule has 0 unspecified atom stereocenters. The molecule has 0 saturated heterocycles. The highest BCUT2D eigenvalue weighted by molar-refractivity contribution is 6.35.